The first kappa shape index (κ1) is 18.4. The number of halogens is 1. The predicted molar refractivity (Wildman–Crippen MR) is 102 cm³/mol. The Morgan fingerprint density at radius 2 is 1.96 bits per heavy atom. The van der Waals surface area contributed by atoms with Crippen LogP contribution in [-0.2, 0) is 0 Å². The second-order valence-corrected chi connectivity index (χ2v) is 7.42. The highest BCUT2D eigenvalue weighted by Gasteiger charge is 2.21. The zero-order valence-electron chi connectivity index (χ0n) is 14.5. The number of ketones is 1. The van der Waals surface area contributed by atoms with E-state index in [-0.39, 0.29) is 11.0 Å². The van der Waals surface area contributed by atoms with Crippen LogP contribution in [0.15, 0.2) is 47.6 Å². The smallest absolute Gasteiger partial charge is 0.214 e. The van der Waals surface area contributed by atoms with Gasteiger partial charge in [-0.05, 0) is 66.2 Å². The highest BCUT2D eigenvalue weighted by Crippen LogP contribution is 2.29. The van der Waals surface area contributed by atoms with Crippen molar-refractivity contribution in [3.63, 3.8) is 0 Å². The Balaban J connectivity index is 1.86. The molecule has 1 atom stereocenters. The van der Waals surface area contributed by atoms with Crippen molar-refractivity contribution in [2.75, 3.05) is 7.11 Å². The van der Waals surface area contributed by atoms with Gasteiger partial charge in [-0.25, -0.2) is 0 Å². The van der Waals surface area contributed by atoms with Crippen molar-refractivity contribution in [1.82, 2.24) is 20.2 Å². The van der Waals surface area contributed by atoms with Crippen molar-refractivity contribution < 1.29 is 9.53 Å². The fraction of sp³-hybridized carbons (Fsp3) is 0.222. The van der Waals surface area contributed by atoms with Gasteiger partial charge in [0.25, 0.3) is 0 Å². The van der Waals surface area contributed by atoms with Crippen LogP contribution < -0.4 is 4.74 Å². The van der Waals surface area contributed by atoms with E-state index >= 15 is 0 Å². The Hall–Kier alpha value is -2.38. The second kappa shape index (κ2) is 7.88. The molecule has 0 amide bonds. The molecule has 0 aliphatic carbocycles. The van der Waals surface area contributed by atoms with Gasteiger partial charge < -0.3 is 4.74 Å². The van der Waals surface area contributed by atoms with Crippen molar-refractivity contribution in [2.24, 2.45) is 0 Å². The maximum atomic E-state index is 12.6. The average molecular weight is 389 g/mol. The van der Waals surface area contributed by atoms with Gasteiger partial charge in [0.2, 0.25) is 5.16 Å². The number of methoxy groups -OCH3 is 1. The molecular weight excluding hydrogens is 372 g/mol. The van der Waals surface area contributed by atoms with E-state index in [9.17, 15) is 4.79 Å². The van der Waals surface area contributed by atoms with Crippen LogP contribution >= 0.6 is 23.4 Å². The van der Waals surface area contributed by atoms with E-state index < -0.39 is 0 Å². The number of ether oxygens (including phenoxy) is 1. The lowest BCUT2D eigenvalue weighted by Gasteiger charge is -2.12. The number of rotatable bonds is 6. The van der Waals surface area contributed by atoms with Crippen molar-refractivity contribution in [3.8, 4) is 11.4 Å². The molecule has 6 nitrogen and oxygen atoms in total. The summed E-state index contributed by atoms with van der Waals surface area (Å²) in [5.41, 5.74) is 2.38. The summed E-state index contributed by atoms with van der Waals surface area (Å²) in [4.78, 5) is 12.6. The Kier molecular flexibility index (Phi) is 5.58. The first-order valence-electron chi connectivity index (χ1n) is 7.89. The SMILES string of the molecule is COc1ccc(C)cc1-n1nnnc1S[C@@H](C)C(=O)c1ccc(Cl)cc1. The van der Waals surface area contributed by atoms with Crippen molar-refractivity contribution >= 4 is 29.1 Å². The molecule has 0 radical (unpaired) electrons. The fourth-order valence-corrected chi connectivity index (χ4v) is 3.43. The molecule has 26 heavy (non-hydrogen) atoms. The van der Waals surface area contributed by atoms with Crippen molar-refractivity contribution in [1.29, 1.82) is 0 Å². The Morgan fingerprint density at radius 1 is 1.23 bits per heavy atom. The molecule has 0 fully saturated rings. The zero-order chi connectivity index (χ0) is 18.7. The predicted octanol–water partition coefficient (Wildman–Crippen LogP) is 4.00. The minimum Gasteiger partial charge on any atom is -0.494 e. The number of Topliss-reactive ketones (excluding diaryl/α,β-unsaturated/α-hetero) is 1. The maximum absolute atomic E-state index is 12.6. The summed E-state index contributed by atoms with van der Waals surface area (Å²) in [7, 11) is 1.60. The van der Waals surface area contributed by atoms with Gasteiger partial charge in [-0.3, -0.25) is 4.79 Å². The third-order valence-corrected chi connectivity index (χ3v) is 5.07. The van der Waals surface area contributed by atoms with Gasteiger partial charge in [-0.1, -0.05) is 29.4 Å². The summed E-state index contributed by atoms with van der Waals surface area (Å²) in [5, 5.41) is 12.6. The Morgan fingerprint density at radius 3 is 2.65 bits per heavy atom. The minimum absolute atomic E-state index is 0.0163. The molecule has 8 heteroatoms. The number of hydrogen-bond donors (Lipinski definition) is 0. The van der Waals surface area contributed by atoms with E-state index in [1.54, 1.807) is 36.1 Å². The number of aryl methyl sites for hydroxylation is 1. The van der Waals surface area contributed by atoms with Gasteiger partial charge in [-0.2, -0.15) is 4.68 Å². The van der Waals surface area contributed by atoms with Crippen LogP contribution in [0, 0.1) is 6.92 Å². The van der Waals surface area contributed by atoms with Crippen molar-refractivity contribution in [3.05, 3.63) is 58.6 Å². The van der Waals surface area contributed by atoms with E-state index in [2.05, 4.69) is 15.5 Å². The monoisotopic (exact) mass is 388 g/mol. The Bertz CT molecular complexity index is 927. The third kappa shape index (κ3) is 3.89. The molecule has 0 unspecified atom stereocenters. The molecule has 134 valence electrons. The first-order valence-corrected chi connectivity index (χ1v) is 9.15. The van der Waals surface area contributed by atoms with Crippen LogP contribution in [0.25, 0.3) is 5.69 Å². The van der Waals surface area contributed by atoms with Gasteiger partial charge in [-0.15, -0.1) is 5.10 Å². The third-order valence-electron chi connectivity index (χ3n) is 3.78. The summed E-state index contributed by atoms with van der Waals surface area (Å²) in [5.74, 6) is 0.638. The van der Waals surface area contributed by atoms with E-state index in [0.29, 0.717) is 21.5 Å². The molecule has 0 N–H and O–H groups in total. The number of hydrogen-bond acceptors (Lipinski definition) is 6. The van der Waals surface area contributed by atoms with Gasteiger partial charge in [0.1, 0.15) is 11.4 Å². The molecule has 0 saturated heterocycles. The van der Waals surface area contributed by atoms with Gasteiger partial charge >= 0.3 is 0 Å². The lowest BCUT2D eigenvalue weighted by Crippen LogP contribution is -2.14. The van der Waals surface area contributed by atoms with Crippen LogP contribution in [0.3, 0.4) is 0 Å². The van der Waals surface area contributed by atoms with Crippen molar-refractivity contribution in [2.45, 2.75) is 24.3 Å². The molecular formula is C18H17ClN4O2S. The largest absolute Gasteiger partial charge is 0.494 e. The van der Waals surface area contributed by atoms with Crippen LogP contribution in [0.1, 0.15) is 22.8 Å². The number of carbonyl (C=O) groups is 1. The number of thioether (sulfide) groups is 1. The van der Waals surface area contributed by atoms with E-state index in [4.69, 9.17) is 16.3 Å². The first-order chi connectivity index (χ1) is 12.5. The van der Waals surface area contributed by atoms with Crippen LogP contribution in [0.5, 0.6) is 5.75 Å². The number of benzene rings is 2. The summed E-state index contributed by atoms with van der Waals surface area (Å²) >= 11 is 7.18. The quantitative estimate of drug-likeness (QED) is 0.469. The average Bonchev–Trinajstić information content (AvgIpc) is 3.09. The maximum Gasteiger partial charge on any atom is 0.214 e. The van der Waals surface area contributed by atoms with E-state index in [1.165, 1.54) is 11.8 Å². The second-order valence-electron chi connectivity index (χ2n) is 5.68. The Labute approximate surface area is 160 Å². The van der Waals surface area contributed by atoms with Crippen LogP contribution in [0.4, 0.5) is 0 Å². The lowest BCUT2D eigenvalue weighted by atomic mass is 10.1. The molecule has 1 heterocycles. The number of carbonyl (C=O) groups excluding carboxylic acids is 1. The van der Waals surface area contributed by atoms with Gasteiger partial charge in [0, 0.05) is 10.6 Å². The summed E-state index contributed by atoms with van der Waals surface area (Å²) in [6, 6.07) is 12.6. The van der Waals surface area contributed by atoms with Gasteiger partial charge in [0.15, 0.2) is 5.78 Å². The summed E-state index contributed by atoms with van der Waals surface area (Å²) < 4.78 is 6.99. The molecule has 0 spiro atoms. The molecule has 1 aromatic heterocycles. The molecule has 0 aliphatic rings. The highest BCUT2D eigenvalue weighted by molar-refractivity contribution is 8.00. The van der Waals surface area contributed by atoms with Crippen LogP contribution in [0.2, 0.25) is 5.02 Å². The fourth-order valence-electron chi connectivity index (χ4n) is 2.43. The topological polar surface area (TPSA) is 69.9 Å². The number of aromatic nitrogens is 4. The van der Waals surface area contributed by atoms with E-state index in [1.807, 2.05) is 32.0 Å². The minimum atomic E-state index is -0.364. The standard InChI is InChI=1S/C18H17ClN4O2S/c1-11-4-9-16(25-3)15(10-11)23-18(20-21-22-23)26-12(2)17(24)13-5-7-14(19)8-6-13/h4-10,12H,1-3H3/t12-/m0/s1. The molecule has 0 bridgehead atoms. The molecule has 0 saturated carbocycles. The normalized spacial score (nSPS) is 12.0. The summed E-state index contributed by atoms with van der Waals surface area (Å²) in [6.07, 6.45) is 0. The van der Waals surface area contributed by atoms with Gasteiger partial charge in [0.05, 0.1) is 12.4 Å². The zero-order valence-corrected chi connectivity index (χ0v) is 16.1. The van der Waals surface area contributed by atoms with Crippen LogP contribution in [-0.4, -0.2) is 38.4 Å². The number of nitrogens with zero attached hydrogens (tertiary/aromatic N) is 4. The number of tetrazole rings is 1. The highest BCUT2D eigenvalue weighted by atomic mass is 35.5. The molecule has 2 aromatic carbocycles. The molecule has 3 aromatic rings. The molecule has 0 aliphatic heterocycles. The summed E-state index contributed by atoms with van der Waals surface area (Å²) in [6.45, 7) is 3.81. The molecule has 3 rings (SSSR count). The lowest BCUT2D eigenvalue weighted by molar-refractivity contribution is 0.0994. The van der Waals surface area contributed by atoms with E-state index in [0.717, 1.165) is 11.3 Å².